The number of ether oxygens (including phenoxy) is 4. The van der Waals surface area contributed by atoms with Crippen LogP contribution in [0.3, 0.4) is 0 Å². The lowest BCUT2D eigenvalue weighted by Gasteiger charge is -2.44. The summed E-state index contributed by atoms with van der Waals surface area (Å²) < 4.78 is 19.9. The number of nitrogens with two attached hydrogens (primary N) is 1. The Balaban J connectivity index is 1.36. The van der Waals surface area contributed by atoms with Gasteiger partial charge >= 0.3 is 11.9 Å². The largest absolute Gasteiger partial charge is 0.454 e. The number of carbonyl (C=O) groups is 4. The van der Waals surface area contributed by atoms with Crippen molar-refractivity contribution >= 4 is 35.5 Å². The molecule has 4 rings (SSSR count). The first-order valence-electron chi connectivity index (χ1n) is 10.9. The first kappa shape index (κ1) is 24.1. The molecule has 4 atom stereocenters. The highest BCUT2D eigenvalue weighted by Gasteiger charge is 2.64. The number of thioether (sulfide) groups is 1. The van der Waals surface area contributed by atoms with Crippen LogP contribution in [-0.4, -0.2) is 64.4 Å². The van der Waals surface area contributed by atoms with E-state index in [2.05, 4.69) is 5.32 Å². The molecular weight excluding hydrogens is 466 g/mol. The second-order valence-corrected chi connectivity index (χ2v) is 10.5. The number of nitrogens with one attached hydrogen (secondary N) is 1. The fourth-order valence-electron chi connectivity index (χ4n) is 4.14. The van der Waals surface area contributed by atoms with Gasteiger partial charge in [0.1, 0.15) is 23.5 Å². The lowest BCUT2D eigenvalue weighted by molar-refractivity contribution is -0.176. The van der Waals surface area contributed by atoms with Crippen LogP contribution in [0.5, 0.6) is 11.5 Å². The zero-order valence-electron chi connectivity index (χ0n) is 19.1. The number of fused-ring (bicyclic) bond motifs is 2. The van der Waals surface area contributed by atoms with Gasteiger partial charge in [-0.3, -0.25) is 14.4 Å². The minimum Gasteiger partial charge on any atom is -0.454 e. The summed E-state index contributed by atoms with van der Waals surface area (Å²) in [4.78, 5) is 51.2. The van der Waals surface area contributed by atoms with Gasteiger partial charge in [-0.1, -0.05) is 13.0 Å². The predicted octanol–water partition coefficient (Wildman–Crippen LogP) is 0.806. The molecule has 0 spiro atoms. The molecule has 3 aliphatic heterocycles. The Bertz CT molecular complexity index is 1020. The molecule has 1 aromatic rings. The molecule has 34 heavy (non-hydrogen) atoms. The SMILES string of the molecule is CCCC(=O)OCOC(=O)[C@@H]1N2C(=O)[C@@H](NC(=O)C(N)c3ccc4c(c3)OCO4)[C@H]2SC1(C)C. The minimum atomic E-state index is -1.02. The predicted molar refractivity (Wildman–Crippen MR) is 119 cm³/mol. The first-order valence-corrected chi connectivity index (χ1v) is 11.8. The molecule has 1 unspecified atom stereocenters. The fraction of sp³-hybridized carbons (Fsp3) is 0.545. The van der Waals surface area contributed by atoms with Crippen molar-refractivity contribution in [2.24, 2.45) is 5.73 Å². The van der Waals surface area contributed by atoms with Gasteiger partial charge in [0, 0.05) is 11.2 Å². The van der Waals surface area contributed by atoms with Gasteiger partial charge < -0.3 is 34.9 Å². The molecule has 3 aliphatic rings. The van der Waals surface area contributed by atoms with E-state index in [0.717, 1.165) is 0 Å². The molecule has 0 saturated carbocycles. The number of amides is 2. The summed E-state index contributed by atoms with van der Waals surface area (Å²) in [5.41, 5.74) is 6.63. The highest BCUT2D eigenvalue weighted by molar-refractivity contribution is 8.01. The van der Waals surface area contributed by atoms with Gasteiger partial charge in [0.15, 0.2) is 11.5 Å². The molecule has 11 nitrogen and oxygen atoms in total. The Morgan fingerprint density at radius 2 is 2.00 bits per heavy atom. The summed E-state index contributed by atoms with van der Waals surface area (Å²) in [5.74, 6) is -0.983. The van der Waals surface area contributed by atoms with E-state index in [-0.39, 0.29) is 13.2 Å². The van der Waals surface area contributed by atoms with Crippen molar-refractivity contribution in [3.8, 4) is 11.5 Å². The number of nitrogens with zero attached hydrogens (tertiary/aromatic N) is 1. The lowest BCUT2D eigenvalue weighted by atomic mass is 9.95. The third kappa shape index (κ3) is 4.39. The second-order valence-electron chi connectivity index (χ2n) is 8.68. The van der Waals surface area contributed by atoms with Crippen molar-refractivity contribution in [3.63, 3.8) is 0 Å². The number of esters is 2. The van der Waals surface area contributed by atoms with Crippen LogP contribution in [0.1, 0.15) is 45.2 Å². The highest BCUT2D eigenvalue weighted by Crippen LogP contribution is 2.51. The van der Waals surface area contributed by atoms with Crippen LogP contribution in [0.2, 0.25) is 0 Å². The van der Waals surface area contributed by atoms with Crippen molar-refractivity contribution in [1.82, 2.24) is 10.2 Å². The molecule has 184 valence electrons. The van der Waals surface area contributed by atoms with Crippen LogP contribution in [0.25, 0.3) is 0 Å². The molecule has 0 aromatic heterocycles. The Morgan fingerprint density at radius 1 is 1.26 bits per heavy atom. The van der Waals surface area contributed by atoms with Crippen LogP contribution in [0.4, 0.5) is 0 Å². The zero-order chi connectivity index (χ0) is 24.6. The summed E-state index contributed by atoms with van der Waals surface area (Å²) in [6.45, 7) is 5.06. The molecule has 0 radical (unpaired) electrons. The zero-order valence-corrected chi connectivity index (χ0v) is 19.9. The number of rotatable bonds is 8. The van der Waals surface area contributed by atoms with Crippen LogP contribution in [-0.2, 0) is 28.7 Å². The average molecular weight is 494 g/mol. The quantitative estimate of drug-likeness (QED) is 0.303. The van der Waals surface area contributed by atoms with Gasteiger partial charge in [0.2, 0.25) is 25.4 Å². The van der Waals surface area contributed by atoms with E-state index in [1.165, 1.54) is 16.7 Å². The van der Waals surface area contributed by atoms with Gasteiger partial charge in [0.05, 0.1) is 0 Å². The van der Waals surface area contributed by atoms with Gasteiger partial charge in [-0.2, -0.15) is 0 Å². The van der Waals surface area contributed by atoms with Crippen LogP contribution >= 0.6 is 11.8 Å². The summed E-state index contributed by atoms with van der Waals surface area (Å²) >= 11 is 1.38. The van der Waals surface area contributed by atoms with Gasteiger partial charge in [-0.05, 0) is 38.0 Å². The van der Waals surface area contributed by atoms with Crippen LogP contribution < -0.4 is 20.5 Å². The summed E-state index contributed by atoms with van der Waals surface area (Å²) in [7, 11) is 0. The van der Waals surface area contributed by atoms with E-state index >= 15 is 0 Å². The third-order valence-corrected chi connectivity index (χ3v) is 7.45. The van der Waals surface area contributed by atoms with E-state index in [0.29, 0.717) is 23.5 Å². The topological polar surface area (TPSA) is 146 Å². The van der Waals surface area contributed by atoms with E-state index in [1.54, 1.807) is 18.2 Å². The van der Waals surface area contributed by atoms with Crippen molar-refractivity contribution in [2.75, 3.05) is 13.6 Å². The van der Waals surface area contributed by atoms with Gasteiger partial charge in [-0.25, -0.2) is 4.79 Å². The molecule has 0 bridgehead atoms. The summed E-state index contributed by atoms with van der Waals surface area (Å²) in [6.07, 6.45) is 0.846. The van der Waals surface area contributed by atoms with E-state index in [4.69, 9.17) is 24.7 Å². The molecule has 12 heteroatoms. The fourth-order valence-corrected chi connectivity index (χ4v) is 5.76. The van der Waals surface area contributed by atoms with Crippen LogP contribution in [0.15, 0.2) is 18.2 Å². The maximum absolute atomic E-state index is 12.9. The Morgan fingerprint density at radius 3 is 2.74 bits per heavy atom. The highest BCUT2D eigenvalue weighted by atomic mass is 32.2. The normalized spacial score (nSPS) is 24.6. The molecular formula is C22H27N3O8S. The van der Waals surface area contributed by atoms with E-state index in [9.17, 15) is 19.2 Å². The van der Waals surface area contributed by atoms with Gasteiger partial charge in [-0.15, -0.1) is 11.8 Å². The number of hydrogen-bond acceptors (Lipinski definition) is 10. The maximum atomic E-state index is 12.9. The molecule has 0 aliphatic carbocycles. The monoisotopic (exact) mass is 493 g/mol. The minimum absolute atomic E-state index is 0.103. The molecule has 2 amide bonds. The van der Waals surface area contributed by atoms with Crippen molar-refractivity contribution in [2.45, 2.75) is 61.9 Å². The van der Waals surface area contributed by atoms with E-state index in [1.807, 2.05) is 20.8 Å². The lowest BCUT2D eigenvalue weighted by Crippen LogP contribution is -2.71. The number of carbonyl (C=O) groups excluding carboxylic acids is 4. The molecule has 2 fully saturated rings. The Hall–Kier alpha value is -2.99. The number of hydrogen-bond donors (Lipinski definition) is 2. The Kier molecular flexibility index (Phi) is 6.63. The summed E-state index contributed by atoms with van der Waals surface area (Å²) in [5, 5.41) is 2.25. The standard InChI is InChI=1S/C22H27N3O8S/c1-4-5-14(26)32-10-33-21(29)17-22(2,3)34-20-16(19(28)25(17)20)24-18(27)15(23)11-6-7-12-13(8-11)31-9-30-12/h6-8,15-17,20H,4-5,9-10,23H2,1-3H3,(H,24,27)/t15?,16-,17+,20-/m1/s1. The maximum Gasteiger partial charge on any atom is 0.333 e. The Labute approximate surface area is 200 Å². The third-order valence-electron chi connectivity index (χ3n) is 5.88. The smallest absolute Gasteiger partial charge is 0.333 e. The van der Waals surface area contributed by atoms with Crippen molar-refractivity contribution in [1.29, 1.82) is 0 Å². The number of benzene rings is 1. The van der Waals surface area contributed by atoms with Crippen molar-refractivity contribution < 1.29 is 38.1 Å². The van der Waals surface area contributed by atoms with E-state index < -0.39 is 58.8 Å². The first-order chi connectivity index (χ1) is 16.1. The molecule has 3 heterocycles. The average Bonchev–Trinajstić information content (AvgIpc) is 3.36. The number of β-lactam (4-membered cyclic amide) rings is 1. The van der Waals surface area contributed by atoms with Crippen LogP contribution in [0, 0.1) is 0 Å². The second kappa shape index (κ2) is 9.34. The van der Waals surface area contributed by atoms with Crippen molar-refractivity contribution in [3.05, 3.63) is 23.8 Å². The molecule has 1 aromatic carbocycles. The van der Waals surface area contributed by atoms with Gasteiger partial charge in [0.25, 0.3) is 0 Å². The molecule has 2 saturated heterocycles. The molecule has 3 N–H and O–H groups in total. The summed E-state index contributed by atoms with van der Waals surface area (Å²) in [6, 6.07) is 2.25.